The highest BCUT2D eigenvalue weighted by Crippen LogP contribution is 2.26. The van der Waals surface area contributed by atoms with E-state index in [2.05, 4.69) is 0 Å². The molecular formula is C20H24N2O4. The maximum atomic E-state index is 11.7. The lowest BCUT2D eigenvalue weighted by Crippen LogP contribution is -2.28. The first kappa shape index (κ1) is 19.3. The Morgan fingerprint density at radius 1 is 1.04 bits per heavy atom. The molecule has 0 aliphatic heterocycles. The summed E-state index contributed by atoms with van der Waals surface area (Å²) in [4.78, 5) is 25.0. The first-order chi connectivity index (χ1) is 12.4. The quantitative estimate of drug-likeness (QED) is 0.699. The third kappa shape index (κ3) is 4.99. The maximum Gasteiger partial charge on any atom is 0.219 e. The summed E-state index contributed by atoms with van der Waals surface area (Å²) in [6, 6.07) is 12.9. The highest BCUT2D eigenvalue weighted by molar-refractivity contribution is 5.94. The molecular weight excluding hydrogens is 332 g/mol. The van der Waals surface area contributed by atoms with Gasteiger partial charge in [-0.05, 0) is 49.4 Å². The number of ether oxygens (including phenoxy) is 2. The minimum absolute atomic E-state index is 0.0120. The van der Waals surface area contributed by atoms with Crippen LogP contribution in [0, 0.1) is 0 Å². The van der Waals surface area contributed by atoms with Gasteiger partial charge in [0, 0.05) is 36.3 Å². The van der Waals surface area contributed by atoms with Gasteiger partial charge in [0.1, 0.15) is 11.5 Å². The minimum Gasteiger partial charge on any atom is -0.497 e. The van der Waals surface area contributed by atoms with Crippen molar-refractivity contribution >= 4 is 17.4 Å². The molecule has 138 valence electrons. The van der Waals surface area contributed by atoms with Gasteiger partial charge in [0.2, 0.25) is 5.91 Å². The number of carbonyl (C=O) groups excluding carboxylic acids is 2. The first-order valence-electron chi connectivity index (χ1n) is 8.29. The second kappa shape index (κ2) is 8.89. The molecule has 0 fully saturated rings. The lowest BCUT2D eigenvalue weighted by atomic mass is 10.1. The monoisotopic (exact) mass is 356 g/mol. The van der Waals surface area contributed by atoms with E-state index in [1.807, 2.05) is 35.2 Å². The van der Waals surface area contributed by atoms with Crippen LogP contribution in [0.4, 0.5) is 5.69 Å². The second-order valence-electron chi connectivity index (χ2n) is 5.92. The van der Waals surface area contributed by atoms with Crippen molar-refractivity contribution < 1.29 is 19.1 Å². The highest BCUT2D eigenvalue weighted by atomic mass is 16.5. The Bertz CT molecular complexity index is 772. The van der Waals surface area contributed by atoms with Crippen LogP contribution in [0.15, 0.2) is 42.5 Å². The van der Waals surface area contributed by atoms with Crippen LogP contribution >= 0.6 is 0 Å². The summed E-state index contributed by atoms with van der Waals surface area (Å²) in [5, 5.41) is 0. The van der Waals surface area contributed by atoms with Gasteiger partial charge in [-0.3, -0.25) is 9.59 Å². The normalized spacial score (nSPS) is 10.3. The van der Waals surface area contributed by atoms with Gasteiger partial charge in [-0.2, -0.15) is 0 Å². The van der Waals surface area contributed by atoms with Gasteiger partial charge in [0.15, 0.2) is 5.78 Å². The molecule has 0 atom stereocenters. The number of amides is 1. The topological polar surface area (TPSA) is 81.9 Å². The van der Waals surface area contributed by atoms with Crippen LogP contribution in [-0.4, -0.2) is 32.5 Å². The van der Waals surface area contributed by atoms with Gasteiger partial charge in [-0.1, -0.05) is 0 Å². The van der Waals surface area contributed by atoms with Crippen LogP contribution in [0.25, 0.3) is 0 Å². The van der Waals surface area contributed by atoms with Crippen LogP contribution in [-0.2, 0) is 11.3 Å². The van der Waals surface area contributed by atoms with E-state index in [1.165, 1.54) is 6.92 Å². The summed E-state index contributed by atoms with van der Waals surface area (Å²) >= 11 is 0. The number of nitrogens with zero attached hydrogens (tertiary/aromatic N) is 1. The number of rotatable bonds is 9. The molecule has 6 heteroatoms. The summed E-state index contributed by atoms with van der Waals surface area (Å²) in [6.07, 6.45) is 0.223. The third-order valence-corrected chi connectivity index (χ3v) is 4.11. The van der Waals surface area contributed by atoms with Gasteiger partial charge in [0.25, 0.3) is 0 Å². The number of hydrogen-bond acceptors (Lipinski definition) is 5. The predicted molar refractivity (Wildman–Crippen MR) is 101 cm³/mol. The van der Waals surface area contributed by atoms with Gasteiger partial charge in [-0.15, -0.1) is 0 Å². The van der Waals surface area contributed by atoms with Crippen molar-refractivity contribution in [2.24, 2.45) is 5.73 Å². The zero-order chi connectivity index (χ0) is 19.1. The molecule has 0 heterocycles. The van der Waals surface area contributed by atoms with E-state index in [-0.39, 0.29) is 18.1 Å². The van der Waals surface area contributed by atoms with Crippen molar-refractivity contribution in [1.82, 2.24) is 0 Å². The van der Waals surface area contributed by atoms with Gasteiger partial charge < -0.3 is 20.1 Å². The SMILES string of the molecule is COc1ccc(N(CCC(N)=O)Cc2cc(C(C)=O)ccc2OC)cc1. The number of anilines is 1. The predicted octanol–water partition coefficient (Wildman–Crippen LogP) is 2.79. The summed E-state index contributed by atoms with van der Waals surface area (Å²) in [5.74, 6) is 1.06. The Labute approximate surface area is 153 Å². The molecule has 0 spiro atoms. The molecule has 0 aliphatic rings. The Morgan fingerprint density at radius 3 is 2.27 bits per heavy atom. The Balaban J connectivity index is 2.34. The average molecular weight is 356 g/mol. The summed E-state index contributed by atoms with van der Waals surface area (Å²) in [6.45, 7) is 2.46. The van der Waals surface area contributed by atoms with E-state index in [1.54, 1.807) is 26.4 Å². The Hall–Kier alpha value is -3.02. The maximum absolute atomic E-state index is 11.7. The van der Waals surface area contributed by atoms with Crippen LogP contribution in [0.5, 0.6) is 11.5 Å². The molecule has 0 radical (unpaired) electrons. The van der Waals surface area contributed by atoms with Gasteiger partial charge in [-0.25, -0.2) is 0 Å². The fourth-order valence-corrected chi connectivity index (χ4v) is 2.66. The molecule has 1 amide bonds. The fraction of sp³-hybridized carbons (Fsp3) is 0.300. The Morgan fingerprint density at radius 2 is 1.73 bits per heavy atom. The molecule has 2 N–H and O–H groups in total. The number of nitrogens with two attached hydrogens (primary N) is 1. The number of hydrogen-bond donors (Lipinski definition) is 1. The number of primary amides is 1. The molecule has 2 rings (SSSR count). The van der Waals surface area contributed by atoms with Crippen LogP contribution in [0.2, 0.25) is 0 Å². The van der Waals surface area contributed by atoms with E-state index in [9.17, 15) is 9.59 Å². The number of methoxy groups -OCH3 is 2. The van der Waals surface area contributed by atoms with E-state index < -0.39 is 0 Å². The van der Waals surface area contributed by atoms with E-state index in [0.29, 0.717) is 24.4 Å². The summed E-state index contributed by atoms with van der Waals surface area (Å²) in [5.41, 5.74) is 7.72. The number of ketones is 1. The molecule has 2 aromatic carbocycles. The van der Waals surface area contributed by atoms with Crippen molar-refractivity contribution in [1.29, 1.82) is 0 Å². The first-order valence-corrected chi connectivity index (χ1v) is 8.29. The molecule has 0 aliphatic carbocycles. The van der Waals surface area contributed by atoms with Crippen molar-refractivity contribution in [3.8, 4) is 11.5 Å². The van der Waals surface area contributed by atoms with Crippen LogP contribution < -0.4 is 20.1 Å². The van der Waals surface area contributed by atoms with Gasteiger partial charge in [0.05, 0.1) is 14.2 Å². The van der Waals surface area contributed by atoms with E-state index in [0.717, 1.165) is 17.0 Å². The standard InChI is InChI=1S/C20H24N2O4/c1-14(23)15-4-9-19(26-3)16(12-15)13-22(11-10-20(21)24)17-5-7-18(25-2)8-6-17/h4-9,12H,10-11,13H2,1-3H3,(H2,21,24). The Kier molecular flexibility index (Phi) is 6.60. The number of carbonyl (C=O) groups is 2. The lowest BCUT2D eigenvalue weighted by Gasteiger charge is -2.26. The molecule has 0 unspecified atom stereocenters. The van der Waals surface area contributed by atoms with Gasteiger partial charge >= 0.3 is 0 Å². The van der Waals surface area contributed by atoms with Crippen LogP contribution in [0.3, 0.4) is 0 Å². The zero-order valence-electron chi connectivity index (χ0n) is 15.3. The smallest absolute Gasteiger partial charge is 0.219 e. The van der Waals surface area contributed by atoms with Crippen molar-refractivity contribution in [3.05, 3.63) is 53.6 Å². The summed E-state index contributed by atoms with van der Waals surface area (Å²) in [7, 11) is 3.20. The van der Waals surface area contributed by atoms with Crippen molar-refractivity contribution in [2.75, 3.05) is 25.7 Å². The molecule has 0 aromatic heterocycles. The molecule has 0 saturated carbocycles. The van der Waals surface area contributed by atoms with E-state index >= 15 is 0 Å². The molecule has 0 bridgehead atoms. The summed E-state index contributed by atoms with van der Waals surface area (Å²) < 4.78 is 10.6. The van der Waals surface area contributed by atoms with Crippen LogP contribution in [0.1, 0.15) is 29.3 Å². The molecule has 26 heavy (non-hydrogen) atoms. The fourth-order valence-electron chi connectivity index (χ4n) is 2.66. The van der Waals surface area contributed by atoms with Crippen molar-refractivity contribution in [2.45, 2.75) is 19.9 Å². The lowest BCUT2D eigenvalue weighted by molar-refractivity contribution is -0.117. The number of benzene rings is 2. The largest absolute Gasteiger partial charge is 0.497 e. The average Bonchev–Trinajstić information content (AvgIpc) is 2.64. The second-order valence-corrected chi connectivity index (χ2v) is 5.92. The number of Topliss-reactive ketones (excluding diaryl/α,β-unsaturated/α-hetero) is 1. The third-order valence-electron chi connectivity index (χ3n) is 4.11. The van der Waals surface area contributed by atoms with E-state index in [4.69, 9.17) is 15.2 Å². The molecule has 2 aromatic rings. The van der Waals surface area contributed by atoms with Crippen molar-refractivity contribution in [3.63, 3.8) is 0 Å². The molecule has 6 nitrogen and oxygen atoms in total. The molecule has 0 saturated heterocycles. The highest BCUT2D eigenvalue weighted by Gasteiger charge is 2.14. The minimum atomic E-state index is -0.368. The zero-order valence-corrected chi connectivity index (χ0v) is 15.3.